The Bertz CT molecular complexity index is 622. The van der Waals surface area contributed by atoms with E-state index in [4.69, 9.17) is 29.0 Å². The molecule has 0 aromatic heterocycles. The average molecular weight is 378 g/mol. The molecule has 20 heavy (non-hydrogen) atoms. The molecular weight excluding hydrogens is 366 g/mol. The summed E-state index contributed by atoms with van der Waals surface area (Å²) < 4.78 is 14.2. The van der Waals surface area contributed by atoms with Crippen LogP contribution >= 0.6 is 39.1 Å². The Morgan fingerprint density at radius 3 is 2.55 bits per heavy atom. The molecule has 6 heteroatoms. The van der Waals surface area contributed by atoms with Gasteiger partial charge >= 0.3 is 0 Å². The second kappa shape index (κ2) is 6.87. The molecule has 0 heterocycles. The standard InChI is InChI=1S/C14H12BrCl2FN2/c15-9-1-3-13(17)11(7-9)14(20-19)6-8-5-10(18)2-4-12(8)16/h1-5,7,14,20H,6,19H2. The minimum atomic E-state index is -0.333. The number of nitrogens with one attached hydrogen (secondary N) is 1. The lowest BCUT2D eigenvalue weighted by molar-refractivity contribution is 0.548. The van der Waals surface area contributed by atoms with Gasteiger partial charge in [-0.15, -0.1) is 0 Å². The van der Waals surface area contributed by atoms with Crippen LogP contribution in [0.1, 0.15) is 17.2 Å². The molecule has 106 valence electrons. The summed E-state index contributed by atoms with van der Waals surface area (Å²) in [6.07, 6.45) is 0.434. The van der Waals surface area contributed by atoms with E-state index in [-0.39, 0.29) is 11.9 Å². The third-order valence-electron chi connectivity index (χ3n) is 2.97. The smallest absolute Gasteiger partial charge is 0.123 e. The van der Waals surface area contributed by atoms with E-state index in [1.165, 1.54) is 18.2 Å². The van der Waals surface area contributed by atoms with Crippen LogP contribution in [0, 0.1) is 5.82 Å². The molecule has 2 aromatic carbocycles. The van der Waals surface area contributed by atoms with Crippen LogP contribution in [0.15, 0.2) is 40.9 Å². The fraction of sp³-hybridized carbons (Fsp3) is 0.143. The van der Waals surface area contributed by atoms with Gasteiger partial charge in [0.15, 0.2) is 0 Å². The highest BCUT2D eigenvalue weighted by Crippen LogP contribution is 2.30. The zero-order chi connectivity index (χ0) is 14.7. The van der Waals surface area contributed by atoms with E-state index in [0.29, 0.717) is 22.0 Å². The van der Waals surface area contributed by atoms with Crippen LogP contribution in [-0.2, 0) is 6.42 Å². The average Bonchev–Trinajstić information content (AvgIpc) is 2.42. The van der Waals surface area contributed by atoms with Gasteiger partial charge in [-0.25, -0.2) is 4.39 Å². The lowest BCUT2D eigenvalue weighted by Gasteiger charge is -2.19. The number of benzene rings is 2. The Balaban J connectivity index is 2.33. The monoisotopic (exact) mass is 376 g/mol. The Labute approximate surface area is 135 Å². The minimum Gasteiger partial charge on any atom is -0.271 e. The van der Waals surface area contributed by atoms with Crippen molar-refractivity contribution in [2.24, 2.45) is 5.84 Å². The van der Waals surface area contributed by atoms with Gasteiger partial charge < -0.3 is 0 Å². The highest BCUT2D eigenvalue weighted by atomic mass is 79.9. The summed E-state index contributed by atoms with van der Waals surface area (Å²) in [7, 11) is 0. The molecule has 2 rings (SSSR count). The molecule has 0 bridgehead atoms. The van der Waals surface area contributed by atoms with Gasteiger partial charge in [-0.2, -0.15) is 0 Å². The number of rotatable bonds is 4. The molecule has 1 atom stereocenters. The van der Waals surface area contributed by atoms with Gasteiger partial charge in [0.2, 0.25) is 0 Å². The van der Waals surface area contributed by atoms with Gasteiger partial charge in [0.25, 0.3) is 0 Å². The summed E-state index contributed by atoms with van der Waals surface area (Å²) in [6.45, 7) is 0. The van der Waals surface area contributed by atoms with Crippen molar-refractivity contribution in [3.05, 3.63) is 67.9 Å². The quantitative estimate of drug-likeness (QED) is 0.601. The van der Waals surface area contributed by atoms with E-state index in [1.54, 1.807) is 6.07 Å². The maximum absolute atomic E-state index is 13.3. The fourth-order valence-corrected chi connectivity index (χ4v) is 2.78. The highest BCUT2D eigenvalue weighted by Gasteiger charge is 2.16. The summed E-state index contributed by atoms with van der Waals surface area (Å²) in [4.78, 5) is 0. The number of hydrazine groups is 1. The third kappa shape index (κ3) is 3.71. The van der Waals surface area contributed by atoms with E-state index in [1.807, 2.05) is 12.1 Å². The second-order valence-electron chi connectivity index (χ2n) is 4.32. The normalized spacial score (nSPS) is 12.4. The van der Waals surface area contributed by atoms with Gasteiger partial charge in [-0.3, -0.25) is 11.3 Å². The molecule has 0 amide bonds. The SMILES string of the molecule is NNC(Cc1cc(F)ccc1Cl)c1cc(Br)ccc1Cl. The first-order valence-electron chi connectivity index (χ1n) is 5.86. The molecule has 0 aliphatic heterocycles. The van der Waals surface area contributed by atoms with Crippen LogP contribution < -0.4 is 11.3 Å². The molecule has 0 radical (unpaired) electrons. The maximum Gasteiger partial charge on any atom is 0.123 e. The first kappa shape index (κ1) is 15.7. The van der Waals surface area contributed by atoms with E-state index < -0.39 is 0 Å². The first-order chi connectivity index (χ1) is 9.51. The summed E-state index contributed by atoms with van der Waals surface area (Å²) in [5.74, 6) is 5.27. The first-order valence-corrected chi connectivity index (χ1v) is 7.41. The Morgan fingerprint density at radius 1 is 1.15 bits per heavy atom. The van der Waals surface area contributed by atoms with Crippen molar-refractivity contribution >= 4 is 39.1 Å². The lowest BCUT2D eigenvalue weighted by Crippen LogP contribution is -2.30. The molecule has 3 N–H and O–H groups in total. The number of halogens is 4. The van der Waals surface area contributed by atoms with Gasteiger partial charge in [0, 0.05) is 14.5 Å². The van der Waals surface area contributed by atoms with E-state index in [9.17, 15) is 4.39 Å². The summed E-state index contributed by atoms with van der Waals surface area (Å²) in [5, 5.41) is 1.08. The molecule has 2 aromatic rings. The molecule has 2 nitrogen and oxygen atoms in total. The molecule has 0 spiro atoms. The van der Waals surface area contributed by atoms with Crippen LogP contribution in [-0.4, -0.2) is 0 Å². The molecule has 1 unspecified atom stereocenters. The van der Waals surface area contributed by atoms with Crippen LogP contribution in [0.5, 0.6) is 0 Å². The number of nitrogens with two attached hydrogens (primary N) is 1. The number of hydrogen-bond acceptors (Lipinski definition) is 2. The van der Waals surface area contributed by atoms with Crippen LogP contribution in [0.2, 0.25) is 10.0 Å². The van der Waals surface area contributed by atoms with Gasteiger partial charge in [0.05, 0.1) is 6.04 Å². The Morgan fingerprint density at radius 2 is 1.85 bits per heavy atom. The van der Waals surface area contributed by atoms with Crippen molar-refractivity contribution in [2.75, 3.05) is 0 Å². The molecule has 0 aliphatic carbocycles. The van der Waals surface area contributed by atoms with Crippen molar-refractivity contribution in [1.29, 1.82) is 0 Å². The van der Waals surface area contributed by atoms with Crippen molar-refractivity contribution in [2.45, 2.75) is 12.5 Å². The third-order valence-corrected chi connectivity index (χ3v) is 4.17. The van der Waals surface area contributed by atoms with Crippen LogP contribution in [0.25, 0.3) is 0 Å². The zero-order valence-electron chi connectivity index (χ0n) is 10.3. The number of hydrogen-bond donors (Lipinski definition) is 2. The van der Waals surface area contributed by atoms with Crippen LogP contribution in [0.4, 0.5) is 4.39 Å². The second-order valence-corrected chi connectivity index (χ2v) is 6.06. The summed E-state index contributed by atoms with van der Waals surface area (Å²) in [6, 6.07) is 9.48. The van der Waals surface area contributed by atoms with E-state index in [2.05, 4.69) is 21.4 Å². The Hall–Kier alpha value is -0.650. The summed E-state index contributed by atoms with van der Waals surface area (Å²) >= 11 is 15.7. The largest absolute Gasteiger partial charge is 0.271 e. The van der Waals surface area contributed by atoms with Crippen molar-refractivity contribution < 1.29 is 4.39 Å². The molecule has 0 fully saturated rings. The molecular formula is C14H12BrCl2FN2. The Kier molecular flexibility index (Phi) is 5.41. The van der Waals surface area contributed by atoms with Crippen LogP contribution in [0.3, 0.4) is 0 Å². The van der Waals surface area contributed by atoms with Crippen molar-refractivity contribution in [3.8, 4) is 0 Å². The van der Waals surface area contributed by atoms with Gasteiger partial charge in [0.1, 0.15) is 5.82 Å². The molecule has 0 saturated carbocycles. The summed E-state index contributed by atoms with van der Waals surface area (Å²) in [5.41, 5.74) is 4.19. The molecule has 0 saturated heterocycles. The lowest BCUT2D eigenvalue weighted by atomic mass is 9.99. The topological polar surface area (TPSA) is 38.0 Å². The van der Waals surface area contributed by atoms with E-state index in [0.717, 1.165) is 10.0 Å². The maximum atomic E-state index is 13.3. The predicted octanol–water partition coefficient (Wildman–Crippen LogP) is 4.64. The predicted molar refractivity (Wildman–Crippen MR) is 84.3 cm³/mol. The van der Waals surface area contributed by atoms with Crippen molar-refractivity contribution in [3.63, 3.8) is 0 Å². The minimum absolute atomic E-state index is 0.265. The van der Waals surface area contributed by atoms with Crippen molar-refractivity contribution in [1.82, 2.24) is 5.43 Å². The zero-order valence-corrected chi connectivity index (χ0v) is 13.4. The highest BCUT2D eigenvalue weighted by molar-refractivity contribution is 9.10. The van der Waals surface area contributed by atoms with E-state index >= 15 is 0 Å². The fourth-order valence-electron chi connectivity index (χ4n) is 1.96. The van der Waals surface area contributed by atoms with Gasteiger partial charge in [-0.05, 0) is 53.9 Å². The van der Waals surface area contributed by atoms with Gasteiger partial charge in [-0.1, -0.05) is 39.1 Å². The molecule has 0 aliphatic rings.